The summed E-state index contributed by atoms with van der Waals surface area (Å²) in [7, 11) is 0. The van der Waals surface area contributed by atoms with Gasteiger partial charge in [-0.15, -0.1) is 11.3 Å². The number of hydrogen-bond donors (Lipinski definition) is 2. The van der Waals surface area contributed by atoms with Gasteiger partial charge in [-0.25, -0.2) is 4.98 Å². The van der Waals surface area contributed by atoms with E-state index in [1.165, 1.54) is 11.3 Å². The number of aryl methyl sites for hydroxylation is 2. The summed E-state index contributed by atoms with van der Waals surface area (Å²) in [6, 6.07) is 0. The first-order valence-corrected chi connectivity index (χ1v) is 6.34. The van der Waals surface area contributed by atoms with E-state index < -0.39 is 11.9 Å². The van der Waals surface area contributed by atoms with Crippen molar-refractivity contribution < 1.29 is 14.7 Å². The van der Waals surface area contributed by atoms with Crippen molar-refractivity contribution in [1.29, 1.82) is 0 Å². The lowest BCUT2D eigenvalue weighted by atomic mass is 10.3. The second-order valence-electron chi connectivity index (χ2n) is 4.15. The standard InChI is InChI=1S/C11H14N2O3S/c1-3-8-5(2)17-11(12-8)13-9(14)6-4-7(6)10(15)16/h6-7H,3-4H2,1-2H3,(H,15,16)(H,12,13,14)/t6-,7+/m1/s1. The first-order chi connectivity index (χ1) is 8.02. The van der Waals surface area contributed by atoms with Gasteiger partial charge in [0.15, 0.2) is 5.13 Å². The maximum absolute atomic E-state index is 11.7. The number of rotatable bonds is 4. The lowest BCUT2D eigenvalue weighted by molar-refractivity contribution is -0.139. The zero-order valence-electron chi connectivity index (χ0n) is 9.69. The predicted octanol–water partition coefficient (Wildman–Crippen LogP) is 1.67. The molecule has 0 bridgehead atoms. The van der Waals surface area contributed by atoms with Gasteiger partial charge < -0.3 is 10.4 Å². The maximum Gasteiger partial charge on any atom is 0.307 e. The topological polar surface area (TPSA) is 79.3 Å². The van der Waals surface area contributed by atoms with Gasteiger partial charge in [0.05, 0.1) is 17.5 Å². The highest BCUT2D eigenvalue weighted by Crippen LogP contribution is 2.39. The second-order valence-corrected chi connectivity index (χ2v) is 5.35. The summed E-state index contributed by atoms with van der Waals surface area (Å²) in [6.07, 6.45) is 1.27. The van der Waals surface area contributed by atoms with E-state index in [-0.39, 0.29) is 11.8 Å². The average molecular weight is 254 g/mol. The van der Waals surface area contributed by atoms with Gasteiger partial charge in [-0.2, -0.15) is 0 Å². The molecule has 0 radical (unpaired) electrons. The van der Waals surface area contributed by atoms with Crippen LogP contribution in [0.1, 0.15) is 23.9 Å². The number of amides is 1. The molecule has 0 saturated heterocycles. The fourth-order valence-electron chi connectivity index (χ4n) is 1.77. The normalized spacial score (nSPS) is 22.2. The SMILES string of the molecule is CCc1nc(NC(=O)[C@@H]2C[C@@H]2C(=O)O)sc1C. The van der Waals surface area contributed by atoms with Gasteiger partial charge in [0.25, 0.3) is 0 Å². The molecule has 2 atom stereocenters. The lowest BCUT2D eigenvalue weighted by Gasteiger charge is -1.98. The van der Waals surface area contributed by atoms with E-state index in [0.29, 0.717) is 11.6 Å². The minimum absolute atomic E-state index is 0.228. The van der Waals surface area contributed by atoms with Crippen LogP contribution in [0.5, 0.6) is 0 Å². The van der Waals surface area contributed by atoms with E-state index in [1.54, 1.807) is 0 Å². The van der Waals surface area contributed by atoms with Crippen LogP contribution in [0.3, 0.4) is 0 Å². The molecule has 5 nitrogen and oxygen atoms in total. The molecule has 0 aliphatic heterocycles. The number of aliphatic carboxylic acids is 1. The number of hydrogen-bond acceptors (Lipinski definition) is 4. The highest BCUT2D eigenvalue weighted by molar-refractivity contribution is 7.15. The summed E-state index contributed by atoms with van der Waals surface area (Å²) in [5, 5.41) is 12.0. The molecule has 0 spiro atoms. The Kier molecular flexibility index (Phi) is 3.15. The number of thiazole rings is 1. The number of carbonyl (C=O) groups excluding carboxylic acids is 1. The van der Waals surface area contributed by atoms with Crippen LogP contribution >= 0.6 is 11.3 Å². The molecular weight excluding hydrogens is 240 g/mol. The van der Waals surface area contributed by atoms with Gasteiger partial charge in [-0.05, 0) is 19.8 Å². The Labute approximate surface area is 103 Å². The third-order valence-corrected chi connectivity index (χ3v) is 3.83. The minimum Gasteiger partial charge on any atom is -0.481 e. The van der Waals surface area contributed by atoms with Crippen LogP contribution in [0.2, 0.25) is 0 Å². The summed E-state index contributed by atoms with van der Waals surface area (Å²) < 4.78 is 0. The molecule has 2 N–H and O–H groups in total. The average Bonchev–Trinajstić information content (AvgIpc) is 2.99. The van der Waals surface area contributed by atoms with Gasteiger partial charge in [-0.1, -0.05) is 6.92 Å². The molecule has 1 heterocycles. The molecule has 1 fully saturated rings. The molecule has 1 aromatic heterocycles. The number of carbonyl (C=O) groups is 2. The van der Waals surface area contributed by atoms with Crippen LogP contribution in [0, 0.1) is 18.8 Å². The monoisotopic (exact) mass is 254 g/mol. The van der Waals surface area contributed by atoms with E-state index in [2.05, 4.69) is 10.3 Å². The fourth-order valence-corrected chi connectivity index (χ4v) is 2.67. The van der Waals surface area contributed by atoms with E-state index >= 15 is 0 Å². The number of anilines is 1. The van der Waals surface area contributed by atoms with Crippen molar-refractivity contribution in [2.75, 3.05) is 5.32 Å². The molecule has 0 aromatic carbocycles. The van der Waals surface area contributed by atoms with Crippen molar-refractivity contribution >= 4 is 28.3 Å². The van der Waals surface area contributed by atoms with Crippen molar-refractivity contribution in [2.24, 2.45) is 11.8 Å². The second kappa shape index (κ2) is 4.44. The minimum atomic E-state index is -0.894. The number of carboxylic acid groups (broad SMARTS) is 1. The molecule has 1 aliphatic rings. The summed E-state index contributed by atoms with van der Waals surface area (Å²) >= 11 is 1.43. The van der Waals surface area contributed by atoms with Gasteiger partial charge in [0.1, 0.15) is 0 Å². The van der Waals surface area contributed by atoms with Crippen LogP contribution in [0.25, 0.3) is 0 Å². The number of nitrogens with one attached hydrogen (secondary N) is 1. The summed E-state index contributed by atoms with van der Waals surface area (Å²) in [6.45, 7) is 3.97. The van der Waals surface area contributed by atoms with E-state index in [4.69, 9.17) is 5.11 Å². The zero-order chi connectivity index (χ0) is 12.6. The summed E-state index contributed by atoms with van der Waals surface area (Å²) in [4.78, 5) is 27.7. The molecule has 2 rings (SSSR count). The Morgan fingerprint density at radius 1 is 1.53 bits per heavy atom. The van der Waals surface area contributed by atoms with Crippen LogP contribution in [-0.4, -0.2) is 22.0 Å². The Hall–Kier alpha value is -1.43. The van der Waals surface area contributed by atoms with Crippen molar-refractivity contribution in [3.8, 4) is 0 Å². The number of nitrogens with zero attached hydrogens (tertiary/aromatic N) is 1. The Morgan fingerprint density at radius 3 is 2.71 bits per heavy atom. The van der Waals surface area contributed by atoms with Crippen molar-refractivity contribution in [3.63, 3.8) is 0 Å². The smallest absolute Gasteiger partial charge is 0.307 e. The van der Waals surface area contributed by atoms with Gasteiger partial charge >= 0.3 is 5.97 Å². The molecule has 1 saturated carbocycles. The fraction of sp³-hybridized carbons (Fsp3) is 0.545. The Morgan fingerprint density at radius 2 is 2.24 bits per heavy atom. The third kappa shape index (κ3) is 2.46. The molecular formula is C11H14N2O3S. The Bertz CT molecular complexity index is 469. The van der Waals surface area contributed by atoms with E-state index in [9.17, 15) is 9.59 Å². The molecule has 17 heavy (non-hydrogen) atoms. The van der Waals surface area contributed by atoms with Crippen molar-refractivity contribution in [3.05, 3.63) is 10.6 Å². The van der Waals surface area contributed by atoms with E-state index in [0.717, 1.165) is 17.0 Å². The van der Waals surface area contributed by atoms with Gasteiger partial charge in [-0.3, -0.25) is 9.59 Å². The third-order valence-electron chi connectivity index (χ3n) is 2.90. The molecule has 1 aromatic rings. The van der Waals surface area contributed by atoms with Gasteiger partial charge in [0.2, 0.25) is 5.91 Å². The van der Waals surface area contributed by atoms with Crippen LogP contribution < -0.4 is 5.32 Å². The molecule has 1 amide bonds. The van der Waals surface area contributed by atoms with Crippen LogP contribution in [0.15, 0.2) is 0 Å². The lowest BCUT2D eigenvalue weighted by Crippen LogP contribution is -2.16. The first kappa shape index (κ1) is 12.0. The van der Waals surface area contributed by atoms with Crippen molar-refractivity contribution in [2.45, 2.75) is 26.7 Å². The van der Waals surface area contributed by atoms with Crippen molar-refractivity contribution in [1.82, 2.24) is 4.98 Å². The molecule has 1 aliphatic carbocycles. The van der Waals surface area contributed by atoms with Gasteiger partial charge in [0, 0.05) is 4.88 Å². The number of aromatic nitrogens is 1. The quantitative estimate of drug-likeness (QED) is 0.856. The van der Waals surface area contributed by atoms with Crippen LogP contribution in [0.4, 0.5) is 5.13 Å². The van der Waals surface area contributed by atoms with E-state index in [1.807, 2.05) is 13.8 Å². The zero-order valence-corrected chi connectivity index (χ0v) is 10.5. The van der Waals surface area contributed by atoms with Crippen LogP contribution in [-0.2, 0) is 16.0 Å². The summed E-state index contributed by atoms with van der Waals surface area (Å²) in [5.74, 6) is -2.02. The predicted molar refractivity (Wildman–Crippen MR) is 64.1 cm³/mol. The summed E-state index contributed by atoms with van der Waals surface area (Å²) in [5.41, 5.74) is 0.982. The first-order valence-electron chi connectivity index (χ1n) is 5.53. The molecule has 6 heteroatoms. The molecule has 0 unspecified atom stereocenters. The highest BCUT2D eigenvalue weighted by atomic mass is 32.1. The number of carboxylic acids is 1. The highest BCUT2D eigenvalue weighted by Gasteiger charge is 2.48. The molecule has 92 valence electrons. The largest absolute Gasteiger partial charge is 0.481 e. The maximum atomic E-state index is 11.7. The Balaban J connectivity index is 1.97.